The normalized spacial score (nSPS) is 10.6. The van der Waals surface area contributed by atoms with Crippen molar-refractivity contribution in [2.45, 2.75) is 6.92 Å². The van der Waals surface area contributed by atoms with Crippen molar-refractivity contribution in [1.29, 1.82) is 0 Å². The number of benzene rings is 1. The van der Waals surface area contributed by atoms with Gasteiger partial charge in [0.15, 0.2) is 16.4 Å². The van der Waals surface area contributed by atoms with E-state index in [0.29, 0.717) is 4.77 Å². The van der Waals surface area contributed by atoms with Crippen LogP contribution in [0.2, 0.25) is 0 Å². The van der Waals surface area contributed by atoms with Gasteiger partial charge in [0, 0.05) is 11.9 Å². The Kier molecular flexibility index (Phi) is 2.40. The van der Waals surface area contributed by atoms with Crippen molar-refractivity contribution in [2.75, 3.05) is 0 Å². The molecule has 0 radical (unpaired) electrons. The lowest BCUT2D eigenvalue weighted by atomic mass is 10.3. The first-order valence-corrected chi connectivity index (χ1v) is 4.73. The first-order valence-electron chi connectivity index (χ1n) is 4.32. The van der Waals surface area contributed by atoms with Gasteiger partial charge >= 0.3 is 0 Å². The molecule has 15 heavy (non-hydrogen) atoms. The molecule has 0 fully saturated rings. The van der Waals surface area contributed by atoms with Gasteiger partial charge in [-0.2, -0.15) is 0 Å². The Morgan fingerprint density at radius 2 is 2.07 bits per heavy atom. The summed E-state index contributed by atoms with van der Waals surface area (Å²) in [5, 5.41) is 0. The molecular weight excluding hydrogens is 218 g/mol. The Bertz CT molecular complexity index is 557. The maximum atomic E-state index is 13.4. The van der Waals surface area contributed by atoms with E-state index in [4.69, 9.17) is 12.2 Å². The summed E-state index contributed by atoms with van der Waals surface area (Å²) in [6.45, 7) is 1.80. The lowest BCUT2D eigenvalue weighted by Crippen LogP contribution is -1.98. The van der Waals surface area contributed by atoms with Crippen LogP contribution in [-0.2, 0) is 0 Å². The second kappa shape index (κ2) is 3.58. The summed E-state index contributed by atoms with van der Waals surface area (Å²) in [7, 11) is 0. The summed E-state index contributed by atoms with van der Waals surface area (Å²) < 4.78 is 28.1. The summed E-state index contributed by atoms with van der Waals surface area (Å²) in [5.74, 6) is -1.78. The molecule has 0 amide bonds. The molecule has 0 aliphatic carbocycles. The molecule has 0 aliphatic heterocycles. The number of aromatic amines is 1. The van der Waals surface area contributed by atoms with Crippen molar-refractivity contribution in [1.82, 2.24) is 9.55 Å². The van der Waals surface area contributed by atoms with E-state index < -0.39 is 11.6 Å². The predicted molar refractivity (Wildman–Crippen MR) is 55.6 cm³/mol. The van der Waals surface area contributed by atoms with E-state index in [1.165, 1.54) is 16.7 Å². The zero-order valence-electron chi connectivity index (χ0n) is 7.92. The Morgan fingerprint density at radius 3 is 2.67 bits per heavy atom. The number of aryl methyl sites for hydroxylation is 1. The van der Waals surface area contributed by atoms with Crippen LogP contribution in [-0.4, -0.2) is 9.55 Å². The molecule has 0 spiro atoms. The van der Waals surface area contributed by atoms with E-state index in [1.54, 1.807) is 13.1 Å². The zero-order valence-corrected chi connectivity index (χ0v) is 8.74. The monoisotopic (exact) mass is 226 g/mol. The highest BCUT2D eigenvalue weighted by atomic mass is 32.1. The number of aromatic nitrogens is 2. The van der Waals surface area contributed by atoms with Crippen LogP contribution in [0, 0.1) is 23.3 Å². The van der Waals surface area contributed by atoms with Gasteiger partial charge in [0.25, 0.3) is 0 Å². The third-order valence-electron chi connectivity index (χ3n) is 2.04. The Balaban J connectivity index is 2.69. The van der Waals surface area contributed by atoms with Gasteiger partial charge in [-0.15, -0.1) is 0 Å². The number of H-pyrrole nitrogens is 1. The molecule has 1 aromatic heterocycles. The van der Waals surface area contributed by atoms with Crippen molar-refractivity contribution in [2.24, 2.45) is 0 Å². The van der Waals surface area contributed by atoms with Crippen LogP contribution in [0.3, 0.4) is 0 Å². The van der Waals surface area contributed by atoms with Gasteiger partial charge in [0.1, 0.15) is 0 Å². The van der Waals surface area contributed by atoms with Gasteiger partial charge in [-0.05, 0) is 31.3 Å². The lowest BCUT2D eigenvalue weighted by molar-refractivity contribution is 0.504. The van der Waals surface area contributed by atoms with Crippen LogP contribution in [0.4, 0.5) is 8.78 Å². The molecule has 78 valence electrons. The Hall–Kier alpha value is -1.49. The minimum absolute atomic E-state index is 0.115. The smallest absolute Gasteiger partial charge is 0.182 e. The van der Waals surface area contributed by atoms with E-state index in [1.807, 2.05) is 0 Å². The lowest BCUT2D eigenvalue weighted by Gasteiger charge is -2.03. The molecule has 0 unspecified atom stereocenters. The molecule has 0 aliphatic rings. The molecule has 0 atom stereocenters. The van der Waals surface area contributed by atoms with Crippen LogP contribution in [0.15, 0.2) is 24.4 Å². The molecule has 0 saturated heterocycles. The summed E-state index contributed by atoms with van der Waals surface area (Å²) in [6.07, 6.45) is 1.63. The topological polar surface area (TPSA) is 20.7 Å². The van der Waals surface area contributed by atoms with Crippen molar-refractivity contribution in [3.63, 3.8) is 0 Å². The molecule has 0 bridgehead atoms. The number of halogens is 2. The zero-order chi connectivity index (χ0) is 11.0. The van der Waals surface area contributed by atoms with Gasteiger partial charge in [0.2, 0.25) is 0 Å². The first kappa shape index (κ1) is 10.0. The Morgan fingerprint density at radius 1 is 1.33 bits per heavy atom. The third kappa shape index (κ3) is 1.70. The maximum absolute atomic E-state index is 13.4. The highest BCUT2D eigenvalue weighted by Crippen LogP contribution is 2.16. The third-order valence-corrected chi connectivity index (χ3v) is 2.34. The highest BCUT2D eigenvalue weighted by molar-refractivity contribution is 7.71. The molecule has 5 heteroatoms. The van der Waals surface area contributed by atoms with E-state index in [0.717, 1.165) is 11.8 Å². The second-order valence-electron chi connectivity index (χ2n) is 3.19. The fourth-order valence-electron chi connectivity index (χ4n) is 1.37. The molecule has 2 rings (SSSR count). The number of nitrogens with zero attached hydrogens (tertiary/aromatic N) is 1. The minimum atomic E-state index is -0.896. The fraction of sp³-hybridized carbons (Fsp3) is 0.100. The van der Waals surface area contributed by atoms with E-state index in [9.17, 15) is 8.78 Å². The summed E-state index contributed by atoms with van der Waals surface area (Å²) in [6, 6.07) is 3.99. The summed E-state index contributed by atoms with van der Waals surface area (Å²) in [5.41, 5.74) is 0.910. The Labute approximate surface area is 90.2 Å². The van der Waals surface area contributed by atoms with Crippen LogP contribution in [0.1, 0.15) is 5.69 Å². The minimum Gasteiger partial charge on any atom is -0.335 e. The fourth-order valence-corrected chi connectivity index (χ4v) is 1.68. The average molecular weight is 226 g/mol. The van der Waals surface area contributed by atoms with Gasteiger partial charge < -0.3 is 4.98 Å². The van der Waals surface area contributed by atoms with Crippen molar-refractivity contribution < 1.29 is 8.78 Å². The van der Waals surface area contributed by atoms with Crippen LogP contribution >= 0.6 is 12.2 Å². The molecule has 1 heterocycles. The van der Waals surface area contributed by atoms with Crippen LogP contribution < -0.4 is 0 Å². The predicted octanol–water partition coefficient (Wildman–Crippen LogP) is 3.12. The van der Waals surface area contributed by atoms with Gasteiger partial charge in [-0.1, -0.05) is 6.07 Å². The average Bonchev–Trinajstić information content (AvgIpc) is 2.50. The molecular formula is C10H8F2N2S. The van der Waals surface area contributed by atoms with Gasteiger partial charge in [-0.25, -0.2) is 8.78 Å². The summed E-state index contributed by atoms with van der Waals surface area (Å²) in [4.78, 5) is 2.84. The second-order valence-corrected chi connectivity index (χ2v) is 3.57. The van der Waals surface area contributed by atoms with E-state index >= 15 is 0 Å². The van der Waals surface area contributed by atoms with Crippen LogP contribution in [0.5, 0.6) is 0 Å². The highest BCUT2D eigenvalue weighted by Gasteiger charge is 2.10. The number of nitrogens with one attached hydrogen (secondary N) is 1. The molecule has 2 nitrogen and oxygen atoms in total. The SMILES string of the molecule is Cc1cn(-c2cccc(F)c2F)c(=S)[nH]1. The van der Waals surface area contributed by atoms with Crippen molar-refractivity contribution in [3.8, 4) is 5.69 Å². The maximum Gasteiger partial charge on any atom is 0.182 e. The molecule has 0 saturated carbocycles. The van der Waals surface area contributed by atoms with Crippen LogP contribution in [0.25, 0.3) is 5.69 Å². The number of imidazole rings is 1. The van der Waals surface area contributed by atoms with E-state index in [2.05, 4.69) is 4.98 Å². The number of hydrogen-bond acceptors (Lipinski definition) is 1. The number of hydrogen-bond donors (Lipinski definition) is 1. The first-order chi connectivity index (χ1) is 7.09. The molecule has 1 N–H and O–H groups in total. The number of rotatable bonds is 1. The van der Waals surface area contributed by atoms with Crippen molar-refractivity contribution >= 4 is 12.2 Å². The largest absolute Gasteiger partial charge is 0.335 e. The van der Waals surface area contributed by atoms with Gasteiger partial charge in [0.05, 0.1) is 5.69 Å². The van der Waals surface area contributed by atoms with Gasteiger partial charge in [-0.3, -0.25) is 4.57 Å². The quantitative estimate of drug-likeness (QED) is 0.741. The molecule has 1 aromatic carbocycles. The van der Waals surface area contributed by atoms with Crippen molar-refractivity contribution in [3.05, 3.63) is 46.5 Å². The summed E-state index contributed by atoms with van der Waals surface area (Å²) >= 11 is 4.98. The molecule has 2 aromatic rings. The standard InChI is InChI=1S/C10H8F2N2S/c1-6-5-14(10(15)13-6)8-4-2-3-7(11)9(8)12/h2-5H,1H3,(H,13,15). The van der Waals surface area contributed by atoms with E-state index in [-0.39, 0.29) is 5.69 Å².